The second-order valence-electron chi connectivity index (χ2n) is 4.82. The number of hydrogen-bond acceptors (Lipinski definition) is 6. The summed E-state index contributed by atoms with van der Waals surface area (Å²) >= 11 is 0. The number of hydrogen-bond donors (Lipinski definition) is 1. The zero-order chi connectivity index (χ0) is 13.9. The van der Waals surface area contributed by atoms with Gasteiger partial charge in [-0.15, -0.1) is 0 Å². The average Bonchev–Trinajstić information content (AvgIpc) is 2.39. The molecule has 19 heavy (non-hydrogen) atoms. The van der Waals surface area contributed by atoms with E-state index in [1.165, 1.54) is 18.6 Å². The quantitative estimate of drug-likeness (QED) is 0.891. The van der Waals surface area contributed by atoms with E-state index in [1.807, 2.05) is 6.07 Å². The number of nitriles is 1. The highest BCUT2D eigenvalue weighted by Gasteiger charge is 2.29. The van der Waals surface area contributed by atoms with Crippen LogP contribution in [0.4, 0.5) is 5.82 Å². The van der Waals surface area contributed by atoms with Crippen molar-refractivity contribution in [1.82, 2.24) is 9.97 Å². The Bertz CT molecular complexity index is 594. The molecule has 0 amide bonds. The fraction of sp³-hybridized carbons (Fsp3) is 0.583. The topological polar surface area (TPSA) is 95.7 Å². The maximum atomic E-state index is 11.6. The molecule has 0 aromatic carbocycles. The molecule has 1 N–H and O–H groups in total. The maximum Gasteiger partial charge on any atom is 0.182 e. The average molecular weight is 280 g/mol. The summed E-state index contributed by atoms with van der Waals surface area (Å²) < 4.78 is 23.2. The third-order valence-electron chi connectivity index (χ3n) is 3.38. The monoisotopic (exact) mass is 280 g/mol. The van der Waals surface area contributed by atoms with Gasteiger partial charge in [-0.25, -0.2) is 18.4 Å². The molecule has 0 spiro atoms. The van der Waals surface area contributed by atoms with Crippen LogP contribution in [0.15, 0.2) is 12.4 Å². The van der Waals surface area contributed by atoms with E-state index in [2.05, 4.69) is 15.3 Å². The number of nitrogens with one attached hydrogen (secondary N) is 1. The van der Waals surface area contributed by atoms with E-state index < -0.39 is 9.84 Å². The van der Waals surface area contributed by atoms with Crippen molar-refractivity contribution in [3.05, 3.63) is 18.1 Å². The minimum atomic E-state index is -3.01. The van der Waals surface area contributed by atoms with Gasteiger partial charge in [-0.2, -0.15) is 5.26 Å². The van der Waals surface area contributed by atoms with Crippen LogP contribution in [0.25, 0.3) is 0 Å². The summed E-state index contributed by atoms with van der Waals surface area (Å²) in [5.74, 6) is 0.434. The second kappa shape index (κ2) is 5.53. The molecule has 1 heterocycles. The largest absolute Gasteiger partial charge is 0.365 e. The lowest BCUT2D eigenvalue weighted by Crippen LogP contribution is -2.34. The zero-order valence-electron chi connectivity index (χ0n) is 10.7. The Kier molecular flexibility index (Phi) is 4.00. The molecule has 1 aromatic rings. The molecule has 7 heteroatoms. The molecule has 0 bridgehead atoms. The van der Waals surface area contributed by atoms with Gasteiger partial charge in [-0.3, -0.25) is 0 Å². The summed E-state index contributed by atoms with van der Waals surface area (Å²) in [7, 11) is -3.01. The molecule has 1 aliphatic rings. The van der Waals surface area contributed by atoms with Crippen molar-refractivity contribution in [2.75, 3.05) is 11.6 Å². The van der Waals surface area contributed by atoms with Gasteiger partial charge in [0.1, 0.15) is 15.9 Å². The molecule has 1 aromatic heterocycles. The van der Waals surface area contributed by atoms with Gasteiger partial charge >= 0.3 is 0 Å². The molecule has 2 atom stereocenters. The van der Waals surface area contributed by atoms with Crippen molar-refractivity contribution in [3.8, 4) is 6.07 Å². The van der Waals surface area contributed by atoms with Gasteiger partial charge in [-0.1, -0.05) is 6.42 Å². The molecule has 2 rings (SSSR count). The summed E-state index contributed by atoms with van der Waals surface area (Å²) in [6.45, 7) is 0. The molecule has 1 saturated carbocycles. The van der Waals surface area contributed by atoms with E-state index >= 15 is 0 Å². The molecule has 6 nitrogen and oxygen atoms in total. The van der Waals surface area contributed by atoms with E-state index in [1.54, 1.807) is 0 Å². The summed E-state index contributed by atoms with van der Waals surface area (Å²) in [5.41, 5.74) is 0.240. The van der Waals surface area contributed by atoms with Crippen LogP contribution < -0.4 is 5.32 Å². The van der Waals surface area contributed by atoms with Gasteiger partial charge in [0.05, 0.1) is 5.25 Å². The van der Waals surface area contributed by atoms with Crippen LogP contribution in [0, 0.1) is 11.3 Å². The normalized spacial score (nSPS) is 23.6. The van der Waals surface area contributed by atoms with Crippen LogP contribution in [0.5, 0.6) is 0 Å². The number of anilines is 1. The van der Waals surface area contributed by atoms with E-state index in [0.29, 0.717) is 18.7 Å². The Hall–Kier alpha value is -1.68. The van der Waals surface area contributed by atoms with Crippen molar-refractivity contribution in [3.63, 3.8) is 0 Å². The first-order chi connectivity index (χ1) is 9.00. The maximum absolute atomic E-state index is 11.6. The first-order valence-corrected chi connectivity index (χ1v) is 8.12. The number of rotatable bonds is 3. The minimum Gasteiger partial charge on any atom is -0.365 e. The lowest BCUT2D eigenvalue weighted by Gasteiger charge is -2.29. The lowest BCUT2D eigenvalue weighted by molar-refractivity contribution is 0.452. The molecule has 1 aliphatic carbocycles. The smallest absolute Gasteiger partial charge is 0.182 e. The standard InChI is InChI=1S/C12H16N4O2S/c1-19(17,18)10-4-2-3-9(7-10)16-12-11(8-13)14-5-6-15-12/h5-6,9-10H,2-4,7H2,1H3,(H,15,16). The van der Waals surface area contributed by atoms with Crippen molar-refractivity contribution >= 4 is 15.7 Å². The highest BCUT2D eigenvalue weighted by Crippen LogP contribution is 2.26. The Morgan fingerprint density at radius 2 is 2.11 bits per heavy atom. The van der Waals surface area contributed by atoms with Crippen LogP contribution in [-0.4, -0.2) is 35.9 Å². The highest BCUT2D eigenvalue weighted by molar-refractivity contribution is 7.91. The van der Waals surface area contributed by atoms with Crippen LogP contribution >= 0.6 is 0 Å². The number of sulfone groups is 1. The fourth-order valence-corrected chi connectivity index (χ4v) is 3.56. The van der Waals surface area contributed by atoms with Gasteiger partial charge in [0.15, 0.2) is 11.5 Å². The van der Waals surface area contributed by atoms with Crippen molar-refractivity contribution in [2.24, 2.45) is 0 Å². The van der Waals surface area contributed by atoms with Crippen LogP contribution in [0.3, 0.4) is 0 Å². The number of aromatic nitrogens is 2. The molecular weight excluding hydrogens is 264 g/mol. The Labute approximate surface area is 112 Å². The Morgan fingerprint density at radius 1 is 1.37 bits per heavy atom. The summed E-state index contributed by atoms with van der Waals surface area (Å²) in [4.78, 5) is 8.01. The van der Waals surface area contributed by atoms with E-state index in [0.717, 1.165) is 12.8 Å². The SMILES string of the molecule is CS(=O)(=O)C1CCCC(Nc2nccnc2C#N)C1. The van der Waals surface area contributed by atoms with Crippen molar-refractivity contribution in [1.29, 1.82) is 5.26 Å². The lowest BCUT2D eigenvalue weighted by atomic mass is 9.95. The van der Waals surface area contributed by atoms with Gasteiger partial charge in [-0.05, 0) is 19.3 Å². The predicted octanol–water partition coefficient (Wildman–Crippen LogP) is 1.12. The first-order valence-electron chi connectivity index (χ1n) is 6.17. The molecular formula is C12H16N4O2S. The molecule has 0 radical (unpaired) electrons. The Balaban J connectivity index is 2.09. The molecule has 0 saturated heterocycles. The number of nitrogens with zero attached hydrogens (tertiary/aromatic N) is 3. The van der Waals surface area contributed by atoms with Crippen molar-refractivity contribution < 1.29 is 8.42 Å². The first kappa shape index (κ1) is 13.7. The van der Waals surface area contributed by atoms with Crippen LogP contribution in [0.1, 0.15) is 31.4 Å². The van der Waals surface area contributed by atoms with Crippen LogP contribution in [-0.2, 0) is 9.84 Å². The second-order valence-corrected chi connectivity index (χ2v) is 7.15. The molecule has 1 fully saturated rings. The third-order valence-corrected chi connectivity index (χ3v) is 5.02. The minimum absolute atomic E-state index is 0.0253. The predicted molar refractivity (Wildman–Crippen MR) is 71.3 cm³/mol. The molecule has 2 unspecified atom stereocenters. The Morgan fingerprint density at radius 3 is 2.79 bits per heavy atom. The summed E-state index contributed by atoms with van der Waals surface area (Å²) in [6, 6.07) is 2.00. The molecule has 0 aliphatic heterocycles. The molecule has 102 valence electrons. The third kappa shape index (κ3) is 3.41. The highest BCUT2D eigenvalue weighted by atomic mass is 32.2. The van der Waals surface area contributed by atoms with E-state index in [-0.39, 0.29) is 17.0 Å². The van der Waals surface area contributed by atoms with Gasteiger partial charge in [0.2, 0.25) is 0 Å². The zero-order valence-corrected chi connectivity index (χ0v) is 11.5. The van der Waals surface area contributed by atoms with Crippen LogP contribution in [0.2, 0.25) is 0 Å². The van der Waals surface area contributed by atoms with Gasteiger partial charge in [0.25, 0.3) is 0 Å². The van der Waals surface area contributed by atoms with Crippen molar-refractivity contribution in [2.45, 2.75) is 37.0 Å². The fourth-order valence-electron chi connectivity index (χ4n) is 2.38. The van der Waals surface area contributed by atoms with Gasteiger partial charge < -0.3 is 5.32 Å². The van der Waals surface area contributed by atoms with E-state index in [4.69, 9.17) is 5.26 Å². The van der Waals surface area contributed by atoms with Gasteiger partial charge in [0, 0.05) is 24.7 Å². The summed E-state index contributed by atoms with van der Waals surface area (Å²) in [5, 5.41) is 11.8. The van der Waals surface area contributed by atoms with E-state index in [9.17, 15) is 8.42 Å². The summed E-state index contributed by atoms with van der Waals surface area (Å²) in [6.07, 6.45) is 7.26.